The van der Waals surface area contributed by atoms with E-state index in [0.29, 0.717) is 28.4 Å². The van der Waals surface area contributed by atoms with Gasteiger partial charge >= 0.3 is 5.97 Å². The van der Waals surface area contributed by atoms with E-state index < -0.39 is 16.8 Å². The van der Waals surface area contributed by atoms with Crippen LogP contribution < -0.4 is 10.1 Å². The van der Waals surface area contributed by atoms with Crippen LogP contribution in [-0.2, 0) is 9.53 Å². The Kier molecular flexibility index (Phi) is 6.24. The summed E-state index contributed by atoms with van der Waals surface area (Å²) in [6.07, 6.45) is 0. The molecule has 11 heteroatoms. The van der Waals surface area contributed by atoms with Crippen LogP contribution in [0.3, 0.4) is 0 Å². The second-order valence-corrected chi connectivity index (χ2v) is 6.51. The molecule has 2 aromatic carbocycles. The molecule has 0 aliphatic rings. The molecule has 1 heterocycles. The number of carbonyl (C=O) groups excluding carboxylic acids is 2. The van der Waals surface area contributed by atoms with Gasteiger partial charge in [-0.1, -0.05) is 11.3 Å². The van der Waals surface area contributed by atoms with Crippen LogP contribution in [0.1, 0.15) is 21.7 Å². The van der Waals surface area contributed by atoms with Gasteiger partial charge in [0.25, 0.3) is 11.6 Å². The number of non-ortho nitro benzene ring substituents is 1. The first-order valence-corrected chi connectivity index (χ1v) is 9.09. The predicted octanol–water partition coefficient (Wildman–Crippen LogP) is 2.60. The number of aromatic nitrogens is 3. The molecule has 160 valence electrons. The number of nitrogens with one attached hydrogen (secondary N) is 1. The normalized spacial score (nSPS) is 10.4. The van der Waals surface area contributed by atoms with Gasteiger partial charge in [-0.3, -0.25) is 14.9 Å². The number of esters is 1. The molecule has 0 fully saturated rings. The molecule has 1 aromatic heterocycles. The van der Waals surface area contributed by atoms with Gasteiger partial charge in [-0.05, 0) is 43.7 Å². The number of methoxy groups -OCH3 is 1. The number of hydrogen-bond donors (Lipinski definition) is 1. The van der Waals surface area contributed by atoms with Crippen molar-refractivity contribution >= 4 is 23.3 Å². The predicted molar refractivity (Wildman–Crippen MR) is 109 cm³/mol. The summed E-state index contributed by atoms with van der Waals surface area (Å²) in [6.45, 7) is 3.19. The van der Waals surface area contributed by atoms with Crippen LogP contribution >= 0.6 is 0 Å². The van der Waals surface area contributed by atoms with Gasteiger partial charge in [-0.25, -0.2) is 9.48 Å². The number of hydrogen-bond acceptors (Lipinski definition) is 8. The Balaban J connectivity index is 1.77. The van der Waals surface area contributed by atoms with Crippen molar-refractivity contribution in [2.24, 2.45) is 0 Å². The number of ether oxygens (including phenoxy) is 2. The van der Waals surface area contributed by atoms with Gasteiger partial charge in [-0.2, -0.15) is 0 Å². The number of rotatable bonds is 7. The fourth-order valence-electron chi connectivity index (χ4n) is 2.77. The molecule has 31 heavy (non-hydrogen) atoms. The number of nitro groups is 1. The van der Waals surface area contributed by atoms with Crippen LogP contribution in [0.15, 0.2) is 42.5 Å². The van der Waals surface area contributed by atoms with Crippen molar-refractivity contribution < 1.29 is 24.0 Å². The lowest BCUT2D eigenvalue weighted by molar-refractivity contribution is -0.384. The third-order valence-corrected chi connectivity index (χ3v) is 4.43. The van der Waals surface area contributed by atoms with Crippen molar-refractivity contribution in [2.45, 2.75) is 13.8 Å². The number of nitrogens with zero attached hydrogens (tertiary/aromatic N) is 4. The minimum Gasteiger partial charge on any atom is -0.482 e. The Bertz CT molecular complexity index is 1160. The lowest BCUT2D eigenvalue weighted by Gasteiger charge is -2.10. The van der Waals surface area contributed by atoms with Crippen LogP contribution in [0.4, 0.5) is 11.4 Å². The summed E-state index contributed by atoms with van der Waals surface area (Å²) >= 11 is 0. The number of aryl methyl sites for hydroxylation is 1. The zero-order chi connectivity index (χ0) is 22.5. The summed E-state index contributed by atoms with van der Waals surface area (Å²) in [5.74, 6) is -0.536. The van der Waals surface area contributed by atoms with E-state index in [4.69, 9.17) is 4.74 Å². The van der Waals surface area contributed by atoms with E-state index in [1.165, 1.54) is 30.0 Å². The first kappa shape index (κ1) is 21.4. The van der Waals surface area contributed by atoms with Crippen LogP contribution in [0.2, 0.25) is 0 Å². The maximum atomic E-state index is 12.7. The highest BCUT2D eigenvalue weighted by molar-refractivity contribution is 6.04. The van der Waals surface area contributed by atoms with Gasteiger partial charge in [0.2, 0.25) is 0 Å². The highest BCUT2D eigenvalue weighted by atomic mass is 16.6. The molecule has 0 aliphatic heterocycles. The number of carbonyl (C=O) groups is 2. The first-order valence-electron chi connectivity index (χ1n) is 9.09. The van der Waals surface area contributed by atoms with Crippen molar-refractivity contribution in [1.29, 1.82) is 0 Å². The lowest BCUT2D eigenvalue weighted by Crippen LogP contribution is -2.15. The molecule has 0 saturated carbocycles. The molecule has 1 N–H and O–H groups in total. The van der Waals surface area contributed by atoms with Crippen molar-refractivity contribution in [1.82, 2.24) is 15.0 Å². The van der Waals surface area contributed by atoms with E-state index in [-0.39, 0.29) is 18.0 Å². The monoisotopic (exact) mass is 425 g/mol. The van der Waals surface area contributed by atoms with Crippen molar-refractivity contribution in [2.75, 3.05) is 19.0 Å². The fourth-order valence-corrected chi connectivity index (χ4v) is 2.77. The van der Waals surface area contributed by atoms with Gasteiger partial charge < -0.3 is 14.8 Å². The van der Waals surface area contributed by atoms with Crippen molar-refractivity contribution in [3.63, 3.8) is 0 Å². The Hall–Kier alpha value is -4.28. The maximum Gasteiger partial charge on any atom is 0.343 e. The second kappa shape index (κ2) is 9.03. The summed E-state index contributed by atoms with van der Waals surface area (Å²) in [6, 6.07) is 10.8. The van der Waals surface area contributed by atoms with E-state index in [2.05, 4.69) is 20.4 Å². The zero-order valence-electron chi connectivity index (χ0n) is 17.0. The molecule has 11 nitrogen and oxygen atoms in total. The number of benzene rings is 2. The number of anilines is 1. The van der Waals surface area contributed by atoms with E-state index in [1.807, 2.05) is 0 Å². The fraction of sp³-hybridized carbons (Fsp3) is 0.200. The molecule has 3 aromatic rings. The maximum absolute atomic E-state index is 12.7. The summed E-state index contributed by atoms with van der Waals surface area (Å²) in [7, 11) is 1.27. The molecular formula is C20H19N5O6. The standard InChI is InChI=1S/C20H19N5O6/c1-12-9-16(31-11-18(26)30-3)7-8-17(12)21-20(27)19-13(2)24(23-22-19)14-5-4-6-15(10-14)25(28)29/h4-10H,11H2,1-3H3,(H,21,27). The minimum atomic E-state index is -0.509. The number of nitro benzene ring substituents is 1. The van der Waals surface area contributed by atoms with E-state index >= 15 is 0 Å². The SMILES string of the molecule is COC(=O)COc1ccc(NC(=O)c2nnn(-c3cccc([N+](=O)[O-])c3)c2C)c(C)c1. The highest BCUT2D eigenvalue weighted by Gasteiger charge is 2.19. The van der Waals surface area contributed by atoms with Crippen LogP contribution in [0.5, 0.6) is 5.75 Å². The topological polar surface area (TPSA) is 138 Å². The third kappa shape index (κ3) is 4.83. The molecule has 0 bridgehead atoms. The van der Waals surface area contributed by atoms with E-state index in [0.717, 1.165) is 0 Å². The highest BCUT2D eigenvalue weighted by Crippen LogP contribution is 2.23. The Morgan fingerprint density at radius 2 is 1.97 bits per heavy atom. The third-order valence-electron chi connectivity index (χ3n) is 4.43. The largest absolute Gasteiger partial charge is 0.482 e. The summed E-state index contributed by atoms with van der Waals surface area (Å²) in [5.41, 5.74) is 2.06. The molecule has 0 spiro atoms. The van der Waals surface area contributed by atoms with Gasteiger partial charge in [-0.15, -0.1) is 5.10 Å². The summed E-state index contributed by atoms with van der Waals surface area (Å²) < 4.78 is 11.2. The second-order valence-electron chi connectivity index (χ2n) is 6.51. The Labute approximate surface area is 176 Å². The van der Waals surface area contributed by atoms with Gasteiger partial charge in [0, 0.05) is 17.8 Å². The van der Waals surface area contributed by atoms with Crippen LogP contribution in [0, 0.1) is 24.0 Å². The van der Waals surface area contributed by atoms with E-state index in [9.17, 15) is 19.7 Å². The molecule has 3 rings (SSSR count). The first-order chi connectivity index (χ1) is 14.8. The molecule has 0 radical (unpaired) electrons. The number of amides is 1. The molecule has 1 amide bonds. The average molecular weight is 425 g/mol. The Morgan fingerprint density at radius 1 is 1.19 bits per heavy atom. The Morgan fingerprint density at radius 3 is 2.65 bits per heavy atom. The van der Waals surface area contributed by atoms with Crippen LogP contribution in [-0.4, -0.2) is 45.5 Å². The molecular weight excluding hydrogens is 406 g/mol. The molecule has 0 atom stereocenters. The van der Waals surface area contributed by atoms with Gasteiger partial charge in [0.05, 0.1) is 23.4 Å². The summed E-state index contributed by atoms with van der Waals surface area (Å²) in [5, 5.41) is 21.6. The van der Waals surface area contributed by atoms with Crippen molar-refractivity contribution in [3.8, 4) is 11.4 Å². The minimum absolute atomic E-state index is 0.0805. The van der Waals surface area contributed by atoms with Crippen LogP contribution in [0.25, 0.3) is 5.69 Å². The van der Waals surface area contributed by atoms with Gasteiger partial charge in [0.1, 0.15) is 5.75 Å². The molecule has 0 unspecified atom stereocenters. The van der Waals surface area contributed by atoms with Gasteiger partial charge in [0.15, 0.2) is 12.3 Å². The molecule has 0 aliphatic carbocycles. The smallest absolute Gasteiger partial charge is 0.343 e. The van der Waals surface area contributed by atoms with E-state index in [1.54, 1.807) is 38.1 Å². The van der Waals surface area contributed by atoms with Crippen molar-refractivity contribution in [3.05, 3.63) is 69.5 Å². The lowest BCUT2D eigenvalue weighted by atomic mass is 10.2. The average Bonchev–Trinajstić information content (AvgIpc) is 3.15. The molecule has 0 saturated heterocycles. The zero-order valence-corrected chi connectivity index (χ0v) is 17.0. The summed E-state index contributed by atoms with van der Waals surface area (Å²) in [4.78, 5) is 34.4. The quantitative estimate of drug-likeness (QED) is 0.346.